The molecule has 1 aromatic heterocycles. The fourth-order valence-electron chi connectivity index (χ4n) is 4.31. The molecule has 196 valence electrons. The Kier molecular flexibility index (Phi) is 8.87. The van der Waals surface area contributed by atoms with Crippen LogP contribution in [0.15, 0.2) is 77.6 Å². The van der Waals surface area contributed by atoms with Crippen LogP contribution < -0.4 is 10.3 Å². The van der Waals surface area contributed by atoms with Gasteiger partial charge in [0.1, 0.15) is 11.6 Å². The average Bonchev–Trinajstić information content (AvgIpc) is 2.90. The summed E-state index contributed by atoms with van der Waals surface area (Å²) in [7, 11) is 0. The van der Waals surface area contributed by atoms with Crippen molar-refractivity contribution in [3.8, 4) is 16.9 Å². The smallest absolute Gasteiger partial charge is 0.349 e. The monoisotopic (exact) mass is 550 g/mol. The molecule has 1 N–H and O–H groups in total. The Morgan fingerprint density at radius 1 is 0.974 bits per heavy atom. The summed E-state index contributed by atoms with van der Waals surface area (Å²) in [4.78, 5) is 30.4. The van der Waals surface area contributed by atoms with E-state index in [1.807, 2.05) is 18.2 Å². The molecule has 0 amide bonds. The maximum absolute atomic E-state index is 13.8. The molecule has 3 aromatic carbocycles. The van der Waals surface area contributed by atoms with Crippen molar-refractivity contribution in [1.29, 1.82) is 0 Å². The first-order chi connectivity index (χ1) is 18.3. The minimum Gasteiger partial charge on any atom is -0.478 e. The van der Waals surface area contributed by atoms with Crippen molar-refractivity contribution in [3.63, 3.8) is 0 Å². The molecular weight excluding hydrogens is 523 g/mol. The van der Waals surface area contributed by atoms with Crippen LogP contribution in [0.5, 0.6) is 5.75 Å². The summed E-state index contributed by atoms with van der Waals surface area (Å²) in [6.07, 6.45) is 1.38. The zero-order valence-electron chi connectivity index (χ0n) is 21.2. The first kappa shape index (κ1) is 27.4. The lowest BCUT2D eigenvalue weighted by Gasteiger charge is -2.18. The summed E-state index contributed by atoms with van der Waals surface area (Å²) < 4.78 is 7.44. The molecule has 0 aliphatic heterocycles. The van der Waals surface area contributed by atoms with E-state index >= 15 is 0 Å². The van der Waals surface area contributed by atoms with Crippen molar-refractivity contribution >= 4 is 29.2 Å². The lowest BCUT2D eigenvalue weighted by atomic mass is 10.0. The third-order valence-corrected chi connectivity index (χ3v) is 6.87. The van der Waals surface area contributed by atoms with E-state index in [0.29, 0.717) is 50.4 Å². The standard InChI is InChI=1S/C30H28Cl2N2O4/c1-3-4-13-25-33-19(2)26(27-23(31)11-8-12-24(27)32)29(35)34(25)18-20-14-16-22(17-15-20)38-28(30(36)37)21-9-6-5-7-10-21/h5-12,14-17,28H,3-4,13,18H2,1-2H3,(H,36,37). The van der Waals surface area contributed by atoms with Crippen molar-refractivity contribution in [2.75, 3.05) is 0 Å². The van der Waals surface area contributed by atoms with Gasteiger partial charge in [0.05, 0.1) is 27.8 Å². The summed E-state index contributed by atoms with van der Waals surface area (Å²) in [5, 5.41) is 10.4. The van der Waals surface area contributed by atoms with Crippen molar-refractivity contribution < 1.29 is 14.6 Å². The van der Waals surface area contributed by atoms with Crippen LogP contribution in [0.4, 0.5) is 0 Å². The minimum absolute atomic E-state index is 0.214. The molecule has 0 spiro atoms. The average molecular weight is 551 g/mol. The van der Waals surface area contributed by atoms with Crippen LogP contribution in [0.1, 0.15) is 48.5 Å². The largest absolute Gasteiger partial charge is 0.478 e. The van der Waals surface area contributed by atoms with Crippen molar-refractivity contribution in [2.45, 2.75) is 45.8 Å². The SMILES string of the molecule is CCCCc1nc(C)c(-c2c(Cl)cccc2Cl)c(=O)n1Cc1ccc(OC(C(=O)O)c2ccccc2)cc1. The molecule has 0 saturated carbocycles. The number of ether oxygens (including phenoxy) is 1. The zero-order valence-corrected chi connectivity index (χ0v) is 22.7. The second-order valence-corrected chi connectivity index (χ2v) is 9.79. The summed E-state index contributed by atoms with van der Waals surface area (Å²) in [6, 6.07) is 21.0. The molecule has 8 heteroatoms. The number of aryl methyl sites for hydroxylation is 2. The van der Waals surface area contributed by atoms with Crippen molar-refractivity contribution in [1.82, 2.24) is 9.55 Å². The van der Waals surface area contributed by atoms with Crippen molar-refractivity contribution in [2.24, 2.45) is 0 Å². The molecule has 0 aliphatic rings. The Balaban J connectivity index is 1.68. The van der Waals surface area contributed by atoms with E-state index in [1.54, 1.807) is 66.1 Å². The molecule has 4 aromatic rings. The quantitative estimate of drug-likeness (QED) is 0.227. The topological polar surface area (TPSA) is 81.4 Å². The molecule has 0 bridgehead atoms. The fraction of sp³-hybridized carbons (Fsp3) is 0.233. The van der Waals surface area contributed by atoms with Gasteiger partial charge in [-0.1, -0.05) is 85.1 Å². The van der Waals surface area contributed by atoms with Crippen LogP contribution in [0, 0.1) is 6.92 Å². The molecule has 38 heavy (non-hydrogen) atoms. The second kappa shape index (κ2) is 12.3. The van der Waals surface area contributed by atoms with Gasteiger partial charge >= 0.3 is 5.97 Å². The van der Waals surface area contributed by atoms with E-state index in [9.17, 15) is 14.7 Å². The number of aliphatic carboxylic acids is 1. The number of hydrogen-bond acceptors (Lipinski definition) is 4. The van der Waals surface area contributed by atoms with E-state index in [1.165, 1.54) is 0 Å². The number of nitrogens with zero attached hydrogens (tertiary/aromatic N) is 2. The van der Waals surface area contributed by atoms with Crippen LogP contribution in [0.25, 0.3) is 11.1 Å². The molecule has 0 aliphatic carbocycles. The van der Waals surface area contributed by atoms with Gasteiger partial charge in [0.25, 0.3) is 5.56 Å². The number of carboxylic acids is 1. The van der Waals surface area contributed by atoms with Gasteiger partial charge in [-0.05, 0) is 43.2 Å². The highest BCUT2D eigenvalue weighted by atomic mass is 35.5. The molecule has 1 atom stereocenters. The third kappa shape index (κ3) is 6.09. The zero-order chi connectivity index (χ0) is 27.2. The van der Waals surface area contributed by atoms with E-state index in [2.05, 4.69) is 6.92 Å². The first-order valence-corrected chi connectivity index (χ1v) is 13.1. The van der Waals surface area contributed by atoms with E-state index in [-0.39, 0.29) is 12.1 Å². The Hall–Kier alpha value is -3.61. The van der Waals surface area contributed by atoms with Crippen LogP contribution >= 0.6 is 23.2 Å². The Bertz CT molecular complexity index is 1460. The normalized spacial score (nSPS) is 11.8. The molecule has 1 unspecified atom stereocenters. The highest BCUT2D eigenvalue weighted by Crippen LogP contribution is 2.34. The van der Waals surface area contributed by atoms with Crippen LogP contribution in [-0.4, -0.2) is 20.6 Å². The Morgan fingerprint density at radius 2 is 1.63 bits per heavy atom. The number of rotatable bonds is 10. The number of carboxylic acid groups (broad SMARTS) is 1. The second-order valence-electron chi connectivity index (χ2n) is 8.97. The molecular formula is C30H28Cl2N2O4. The van der Waals surface area contributed by atoms with E-state index in [0.717, 1.165) is 18.4 Å². The minimum atomic E-state index is -1.13. The van der Waals surface area contributed by atoms with Gasteiger partial charge in [-0.25, -0.2) is 9.78 Å². The van der Waals surface area contributed by atoms with Gasteiger partial charge in [0.2, 0.25) is 6.10 Å². The number of halogens is 2. The molecule has 0 saturated heterocycles. The van der Waals surface area contributed by atoms with Gasteiger partial charge in [-0.15, -0.1) is 0 Å². The highest BCUT2D eigenvalue weighted by molar-refractivity contribution is 6.39. The fourth-order valence-corrected chi connectivity index (χ4v) is 4.90. The predicted molar refractivity (Wildman–Crippen MR) is 150 cm³/mol. The lowest BCUT2D eigenvalue weighted by Crippen LogP contribution is -2.28. The number of unbranched alkanes of at least 4 members (excludes halogenated alkanes) is 1. The van der Waals surface area contributed by atoms with Crippen molar-refractivity contribution in [3.05, 3.63) is 116 Å². The molecule has 6 nitrogen and oxygen atoms in total. The summed E-state index contributed by atoms with van der Waals surface area (Å²) in [6.45, 7) is 4.17. The van der Waals surface area contributed by atoms with Crippen LogP contribution in [0.2, 0.25) is 10.0 Å². The van der Waals surface area contributed by atoms with Gasteiger partial charge in [0, 0.05) is 17.5 Å². The number of carbonyl (C=O) groups is 1. The van der Waals surface area contributed by atoms with Gasteiger partial charge < -0.3 is 9.84 Å². The molecule has 4 rings (SSSR count). The van der Waals surface area contributed by atoms with Gasteiger partial charge in [-0.2, -0.15) is 0 Å². The van der Waals surface area contributed by atoms with Crippen LogP contribution in [-0.2, 0) is 17.8 Å². The Morgan fingerprint density at radius 3 is 2.24 bits per heavy atom. The number of aromatic nitrogens is 2. The van der Waals surface area contributed by atoms with Crippen LogP contribution in [0.3, 0.4) is 0 Å². The predicted octanol–water partition coefficient (Wildman–Crippen LogP) is 7.12. The summed E-state index contributed by atoms with van der Waals surface area (Å²) in [5.74, 6) is 0.0228. The van der Waals surface area contributed by atoms with Gasteiger partial charge in [0.15, 0.2) is 0 Å². The number of hydrogen-bond donors (Lipinski definition) is 1. The van der Waals surface area contributed by atoms with E-state index in [4.69, 9.17) is 32.9 Å². The maximum atomic E-state index is 13.8. The highest BCUT2D eigenvalue weighted by Gasteiger charge is 2.22. The molecule has 0 radical (unpaired) electrons. The summed E-state index contributed by atoms with van der Waals surface area (Å²) >= 11 is 12.9. The first-order valence-electron chi connectivity index (χ1n) is 12.4. The van der Waals surface area contributed by atoms with E-state index < -0.39 is 12.1 Å². The lowest BCUT2D eigenvalue weighted by molar-refractivity contribution is -0.145. The maximum Gasteiger partial charge on any atom is 0.349 e. The molecule has 0 fully saturated rings. The Labute approximate surface area is 231 Å². The number of benzene rings is 3. The van der Waals surface area contributed by atoms with Gasteiger partial charge in [-0.3, -0.25) is 9.36 Å². The summed E-state index contributed by atoms with van der Waals surface area (Å²) in [5.41, 5.74) is 2.61. The third-order valence-electron chi connectivity index (χ3n) is 6.24. The molecule has 1 heterocycles.